The molecule has 0 aliphatic heterocycles. The molecule has 0 N–H and O–H groups in total. The Hall–Kier alpha value is -2.09. The molecule has 0 spiro atoms. The zero-order chi connectivity index (χ0) is 11.4. The third kappa shape index (κ3) is 2.05. The summed E-state index contributed by atoms with van der Waals surface area (Å²) in [6, 6.07) is 3.84. The van der Waals surface area contributed by atoms with E-state index < -0.39 is 11.8 Å². The fourth-order valence-electron chi connectivity index (χ4n) is 1.09. The first-order valence-electron chi connectivity index (χ1n) is 4.00. The molecular weight excluding hydrogens is 201 g/mol. The van der Waals surface area contributed by atoms with E-state index in [4.69, 9.17) is 10.00 Å². The molecule has 0 fully saturated rings. The molecule has 78 valence electrons. The Labute approximate surface area is 85.8 Å². The minimum Gasteiger partial charge on any atom is -0.495 e. The molecule has 4 nitrogen and oxygen atoms in total. The van der Waals surface area contributed by atoms with Gasteiger partial charge in [-0.05, 0) is 12.1 Å². The number of ether oxygens (including phenoxy) is 2. The van der Waals surface area contributed by atoms with Crippen LogP contribution in [-0.4, -0.2) is 20.2 Å². The molecule has 15 heavy (non-hydrogen) atoms. The van der Waals surface area contributed by atoms with E-state index in [0.29, 0.717) is 0 Å². The number of nitrogens with zero attached hydrogens (tertiary/aromatic N) is 1. The minimum absolute atomic E-state index is 0.00542. The molecule has 0 amide bonds. The predicted octanol–water partition coefficient (Wildman–Crippen LogP) is 1.49. The van der Waals surface area contributed by atoms with Gasteiger partial charge in [-0.15, -0.1) is 0 Å². The molecule has 1 rings (SSSR count). The Kier molecular flexibility index (Phi) is 3.24. The normalized spacial score (nSPS) is 9.20. The van der Waals surface area contributed by atoms with Crippen LogP contribution in [-0.2, 0) is 4.74 Å². The Bertz CT molecular complexity index is 437. The monoisotopic (exact) mass is 209 g/mol. The number of hydrogen-bond acceptors (Lipinski definition) is 4. The van der Waals surface area contributed by atoms with Gasteiger partial charge in [-0.1, -0.05) is 0 Å². The Morgan fingerprint density at radius 3 is 2.60 bits per heavy atom. The number of methoxy groups -OCH3 is 2. The van der Waals surface area contributed by atoms with E-state index in [1.165, 1.54) is 20.3 Å². The van der Waals surface area contributed by atoms with Gasteiger partial charge in [-0.3, -0.25) is 0 Å². The van der Waals surface area contributed by atoms with Crippen molar-refractivity contribution in [2.45, 2.75) is 0 Å². The van der Waals surface area contributed by atoms with Crippen LogP contribution in [0.4, 0.5) is 4.39 Å². The van der Waals surface area contributed by atoms with Crippen molar-refractivity contribution in [1.29, 1.82) is 5.26 Å². The summed E-state index contributed by atoms with van der Waals surface area (Å²) >= 11 is 0. The van der Waals surface area contributed by atoms with Crippen LogP contribution in [0.3, 0.4) is 0 Å². The van der Waals surface area contributed by atoms with E-state index in [2.05, 4.69) is 4.74 Å². The van der Waals surface area contributed by atoms with Crippen molar-refractivity contribution in [1.82, 2.24) is 0 Å². The second-order valence-corrected chi connectivity index (χ2v) is 2.64. The van der Waals surface area contributed by atoms with Gasteiger partial charge in [0.1, 0.15) is 23.2 Å². The molecule has 1 aromatic carbocycles. The summed E-state index contributed by atoms with van der Waals surface area (Å²) in [7, 11) is 2.47. The van der Waals surface area contributed by atoms with Crippen LogP contribution in [0.2, 0.25) is 0 Å². The molecule has 0 atom stereocenters. The summed E-state index contributed by atoms with van der Waals surface area (Å²) < 4.78 is 22.5. The Morgan fingerprint density at radius 2 is 2.13 bits per heavy atom. The van der Waals surface area contributed by atoms with Gasteiger partial charge >= 0.3 is 5.97 Å². The van der Waals surface area contributed by atoms with Gasteiger partial charge < -0.3 is 9.47 Å². The van der Waals surface area contributed by atoms with E-state index in [9.17, 15) is 9.18 Å². The average molecular weight is 209 g/mol. The van der Waals surface area contributed by atoms with Crippen molar-refractivity contribution in [2.75, 3.05) is 14.2 Å². The summed E-state index contributed by atoms with van der Waals surface area (Å²) in [5.41, 5.74) is -0.226. The van der Waals surface area contributed by atoms with Gasteiger partial charge in [-0.2, -0.15) is 5.26 Å². The molecule has 5 heteroatoms. The highest BCUT2D eigenvalue weighted by atomic mass is 19.1. The zero-order valence-corrected chi connectivity index (χ0v) is 8.20. The van der Waals surface area contributed by atoms with Crippen molar-refractivity contribution < 1.29 is 18.7 Å². The molecule has 0 unspecified atom stereocenters. The van der Waals surface area contributed by atoms with Gasteiger partial charge in [0.15, 0.2) is 0 Å². The van der Waals surface area contributed by atoms with Crippen LogP contribution >= 0.6 is 0 Å². The number of nitriles is 1. The summed E-state index contributed by atoms with van der Waals surface area (Å²) in [5.74, 6) is -1.48. The second kappa shape index (κ2) is 4.42. The summed E-state index contributed by atoms with van der Waals surface area (Å²) in [4.78, 5) is 11.1. The van der Waals surface area contributed by atoms with E-state index in [0.717, 1.165) is 6.07 Å². The maximum absolute atomic E-state index is 13.3. The minimum atomic E-state index is -0.808. The number of halogens is 1. The standard InChI is InChI=1S/C10H8FNO3/c1-14-9-4-6(10(13)15-2)3-8(11)7(9)5-12/h3-4H,1-2H3. The number of carbonyl (C=O) groups excluding carboxylic acids is 1. The third-order valence-corrected chi connectivity index (χ3v) is 1.81. The number of rotatable bonds is 2. The maximum Gasteiger partial charge on any atom is 0.338 e. The van der Waals surface area contributed by atoms with Crippen molar-refractivity contribution >= 4 is 5.97 Å². The van der Waals surface area contributed by atoms with Gasteiger partial charge in [0.05, 0.1) is 19.8 Å². The summed E-state index contributed by atoms with van der Waals surface area (Å²) in [6.07, 6.45) is 0. The van der Waals surface area contributed by atoms with Crippen molar-refractivity contribution in [3.63, 3.8) is 0 Å². The van der Waals surface area contributed by atoms with E-state index in [-0.39, 0.29) is 16.9 Å². The molecule has 0 heterocycles. The lowest BCUT2D eigenvalue weighted by Gasteiger charge is -2.06. The van der Waals surface area contributed by atoms with Crippen LogP contribution in [0.5, 0.6) is 5.75 Å². The quantitative estimate of drug-likeness (QED) is 0.692. The van der Waals surface area contributed by atoms with Gasteiger partial charge in [0.2, 0.25) is 0 Å². The first-order chi connectivity index (χ1) is 7.13. The first kappa shape index (κ1) is 11.0. The zero-order valence-electron chi connectivity index (χ0n) is 8.20. The van der Waals surface area contributed by atoms with E-state index >= 15 is 0 Å². The number of hydrogen-bond donors (Lipinski definition) is 0. The lowest BCUT2D eigenvalue weighted by molar-refractivity contribution is 0.0599. The van der Waals surface area contributed by atoms with Crippen LogP contribution < -0.4 is 4.74 Å². The topological polar surface area (TPSA) is 59.3 Å². The highest BCUT2D eigenvalue weighted by Crippen LogP contribution is 2.23. The Morgan fingerprint density at radius 1 is 1.47 bits per heavy atom. The van der Waals surface area contributed by atoms with Crippen LogP contribution in [0.25, 0.3) is 0 Å². The largest absolute Gasteiger partial charge is 0.495 e. The molecule has 0 aromatic heterocycles. The number of benzene rings is 1. The second-order valence-electron chi connectivity index (χ2n) is 2.64. The molecule has 0 saturated heterocycles. The lowest BCUT2D eigenvalue weighted by Crippen LogP contribution is -2.04. The fraction of sp³-hybridized carbons (Fsp3) is 0.200. The van der Waals surface area contributed by atoms with Crippen molar-refractivity contribution in [3.05, 3.63) is 29.1 Å². The highest BCUT2D eigenvalue weighted by molar-refractivity contribution is 5.90. The number of carbonyl (C=O) groups is 1. The van der Waals surface area contributed by atoms with Crippen LogP contribution in [0, 0.1) is 17.1 Å². The fourth-order valence-corrected chi connectivity index (χ4v) is 1.09. The van der Waals surface area contributed by atoms with E-state index in [1.54, 1.807) is 6.07 Å². The molecular formula is C10H8FNO3. The predicted molar refractivity (Wildman–Crippen MR) is 49.0 cm³/mol. The van der Waals surface area contributed by atoms with Crippen LogP contribution in [0.1, 0.15) is 15.9 Å². The van der Waals surface area contributed by atoms with Gasteiger partial charge in [0, 0.05) is 0 Å². The lowest BCUT2D eigenvalue weighted by atomic mass is 10.1. The highest BCUT2D eigenvalue weighted by Gasteiger charge is 2.15. The molecule has 0 aliphatic carbocycles. The Balaban J connectivity index is 3.33. The maximum atomic E-state index is 13.3. The van der Waals surface area contributed by atoms with Crippen LogP contribution in [0.15, 0.2) is 12.1 Å². The third-order valence-electron chi connectivity index (χ3n) is 1.81. The smallest absolute Gasteiger partial charge is 0.338 e. The summed E-state index contributed by atoms with van der Waals surface area (Å²) in [5, 5.41) is 8.63. The molecule has 0 radical (unpaired) electrons. The number of esters is 1. The molecule has 1 aromatic rings. The molecule has 0 saturated carbocycles. The van der Waals surface area contributed by atoms with Crippen molar-refractivity contribution in [2.24, 2.45) is 0 Å². The van der Waals surface area contributed by atoms with Gasteiger partial charge in [-0.25, -0.2) is 9.18 Å². The van der Waals surface area contributed by atoms with Crippen molar-refractivity contribution in [3.8, 4) is 11.8 Å². The SMILES string of the molecule is COC(=O)c1cc(F)c(C#N)c(OC)c1. The molecule has 0 bridgehead atoms. The molecule has 0 aliphatic rings. The van der Waals surface area contributed by atoms with Gasteiger partial charge in [0.25, 0.3) is 0 Å². The average Bonchev–Trinajstić information content (AvgIpc) is 2.26. The first-order valence-corrected chi connectivity index (χ1v) is 4.00. The van der Waals surface area contributed by atoms with E-state index in [1.807, 2.05) is 0 Å². The summed E-state index contributed by atoms with van der Waals surface area (Å²) in [6.45, 7) is 0.